The van der Waals surface area contributed by atoms with E-state index in [1.807, 2.05) is 11.0 Å². The molecule has 6 nitrogen and oxygen atoms in total. The molecular formula is C21H23N3O3. The van der Waals surface area contributed by atoms with E-state index in [0.717, 1.165) is 42.6 Å². The first-order valence-electron chi connectivity index (χ1n) is 9.72. The van der Waals surface area contributed by atoms with Gasteiger partial charge in [-0.2, -0.15) is 0 Å². The topological polar surface area (TPSA) is 65.6 Å². The smallest absolute Gasteiger partial charge is 0.326 e. The molecule has 0 unspecified atom stereocenters. The monoisotopic (exact) mass is 365 g/mol. The lowest BCUT2D eigenvalue weighted by Crippen LogP contribution is -2.49. The molecule has 2 aliphatic heterocycles. The molecular weight excluding hydrogens is 342 g/mol. The molecule has 1 atom stereocenters. The number of esters is 1. The lowest BCUT2D eigenvalue weighted by molar-refractivity contribution is -0.143. The number of benzene rings is 1. The number of para-hydroxylation sites is 1. The van der Waals surface area contributed by atoms with Gasteiger partial charge in [-0.05, 0) is 44.2 Å². The zero-order valence-corrected chi connectivity index (χ0v) is 15.5. The van der Waals surface area contributed by atoms with Crippen LogP contribution in [0.3, 0.4) is 0 Å². The van der Waals surface area contributed by atoms with Crippen LogP contribution in [-0.2, 0) is 21.5 Å². The minimum atomic E-state index is -0.478. The van der Waals surface area contributed by atoms with Gasteiger partial charge in [-0.3, -0.25) is 9.69 Å². The molecule has 1 spiro atoms. The molecule has 0 radical (unpaired) electrons. The van der Waals surface area contributed by atoms with Crippen LogP contribution in [0.4, 0.5) is 4.79 Å². The Balaban J connectivity index is 1.66. The second kappa shape index (κ2) is 5.87. The van der Waals surface area contributed by atoms with Gasteiger partial charge in [-0.1, -0.05) is 24.3 Å². The average molecular weight is 365 g/mol. The number of fused-ring (bicyclic) bond motifs is 3. The highest BCUT2D eigenvalue weighted by Crippen LogP contribution is 2.53. The van der Waals surface area contributed by atoms with Crippen molar-refractivity contribution in [2.24, 2.45) is 0 Å². The van der Waals surface area contributed by atoms with E-state index in [4.69, 9.17) is 4.74 Å². The molecule has 2 aromatic rings. The van der Waals surface area contributed by atoms with Gasteiger partial charge in [0.25, 0.3) is 0 Å². The van der Waals surface area contributed by atoms with E-state index in [-0.39, 0.29) is 18.5 Å². The number of nitrogens with zero attached hydrogens (tertiary/aromatic N) is 2. The molecule has 1 aromatic carbocycles. The highest BCUT2D eigenvalue weighted by molar-refractivity contribution is 5.91. The summed E-state index contributed by atoms with van der Waals surface area (Å²) in [6, 6.07) is 8.25. The van der Waals surface area contributed by atoms with Crippen molar-refractivity contribution < 1.29 is 14.3 Å². The van der Waals surface area contributed by atoms with Crippen LogP contribution < -0.4 is 0 Å². The van der Waals surface area contributed by atoms with Crippen molar-refractivity contribution in [3.05, 3.63) is 47.3 Å². The number of rotatable bonds is 3. The number of aromatic amines is 1. The van der Waals surface area contributed by atoms with Gasteiger partial charge >= 0.3 is 12.0 Å². The third-order valence-electron chi connectivity index (χ3n) is 6.12. The number of urea groups is 1. The quantitative estimate of drug-likeness (QED) is 0.849. The van der Waals surface area contributed by atoms with Gasteiger partial charge in [0.15, 0.2) is 0 Å². The van der Waals surface area contributed by atoms with Crippen molar-refractivity contribution >= 4 is 22.9 Å². The van der Waals surface area contributed by atoms with Crippen molar-refractivity contribution in [3.8, 4) is 0 Å². The molecule has 1 fully saturated rings. The van der Waals surface area contributed by atoms with Gasteiger partial charge in [0.05, 0.1) is 18.0 Å². The van der Waals surface area contributed by atoms with Crippen molar-refractivity contribution in [3.63, 3.8) is 0 Å². The average Bonchev–Trinajstić information content (AvgIpc) is 3.17. The molecule has 140 valence electrons. The van der Waals surface area contributed by atoms with Crippen molar-refractivity contribution in [2.75, 3.05) is 19.7 Å². The van der Waals surface area contributed by atoms with Crippen LogP contribution in [0.25, 0.3) is 10.9 Å². The standard InChI is InChI=1S/C21H23N3O3/c1-2-27-18(25)13-23-17-9-5-6-11-21(17)19-15(10-12-24(21)20(23)26)14-7-3-4-8-16(14)22-19/h3-4,7-9,22H,2,5-6,10-13H2,1H3/t21-/m0/s1. The van der Waals surface area contributed by atoms with Gasteiger partial charge in [0.2, 0.25) is 0 Å². The summed E-state index contributed by atoms with van der Waals surface area (Å²) in [6.45, 7) is 2.75. The Kier molecular flexibility index (Phi) is 3.57. The number of hydrogen-bond donors (Lipinski definition) is 1. The van der Waals surface area contributed by atoms with Crippen LogP contribution in [0.2, 0.25) is 0 Å². The Bertz CT molecular complexity index is 976. The summed E-state index contributed by atoms with van der Waals surface area (Å²) < 4.78 is 5.11. The van der Waals surface area contributed by atoms with Gasteiger partial charge in [-0.25, -0.2) is 4.79 Å². The fourth-order valence-corrected chi connectivity index (χ4v) is 5.11. The van der Waals surface area contributed by atoms with Crippen LogP contribution in [0, 0.1) is 0 Å². The van der Waals surface area contributed by atoms with Crippen LogP contribution >= 0.6 is 0 Å². The number of ether oxygens (including phenoxy) is 1. The minimum absolute atomic E-state index is 0.0215. The van der Waals surface area contributed by atoms with E-state index in [1.54, 1.807) is 11.8 Å². The number of hydrogen-bond acceptors (Lipinski definition) is 3. The Morgan fingerprint density at radius 2 is 2.19 bits per heavy atom. The Labute approximate surface area is 157 Å². The molecule has 1 aromatic heterocycles. The van der Waals surface area contributed by atoms with Crippen LogP contribution in [0.1, 0.15) is 37.4 Å². The summed E-state index contributed by atoms with van der Waals surface area (Å²) in [5, 5.41) is 1.24. The zero-order chi connectivity index (χ0) is 18.6. The molecule has 5 rings (SSSR count). The van der Waals surface area contributed by atoms with E-state index < -0.39 is 5.54 Å². The lowest BCUT2D eigenvalue weighted by atomic mass is 9.76. The van der Waals surface area contributed by atoms with Crippen molar-refractivity contribution in [1.29, 1.82) is 0 Å². The van der Waals surface area contributed by atoms with E-state index in [0.29, 0.717) is 13.2 Å². The fourth-order valence-electron chi connectivity index (χ4n) is 5.11. The van der Waals surface area contributed by atoms with Gasteiger partial charge in [0.1, 0.15) is 12.1 Å². The summed E-state index contributed by atoms with van der Waals surface area (Å²) in [5.74, 6) is -0.357. The molecule has 2 amide bonds. The summed E-state index contributed by atoms with van der Waals surface area (Å²) in [5.41, 5.74) is 4.01. The molecule has 3 aliphatic rings. The van der Waals surface area contributed by atoms with Gasteiger partial charge < -0.3 is 14.6 Å². The van der Waals surface area contributed by atoms with Crippen LogP contribution in [0.15, 0.2) is 36.0 Å². The Hall–Kier alpha value is -2.76. The van der Waals surface area contributed by atoms with E-state index in [1.165, 1.54) is 10.9 Å². The first-order chi connectivity index (χ1) is 13.2. The highest BCUT2D eigenvalue weighted by Gasteiger charge is 2.58. The number of allylic oxidation sites excluding steroid dienone is 1. The first kappa shape index (κ1) is 16.4. The van der Waals surface area contributed by atoms with Gasteiger partial charge in [0, 0.05) is 17.4 Å². The maximum absolute atomic E-state index is 13.3. The Morgan fingerprint density at radius 1 is 1.33 bits per heavy atom. The summed E-state index contributed by atoms with van der Waals surface area (Å²) in [7, 11) is 0. The highest BCUT2D eigenvalue weighted by atomic mass is 16.5. The number of carbonyl (C=O) groups is 2. The molecule has 1 N–H and O–H groups in total. The molecule has 3 heterocycles. The molecule has 0 saturated carbocycles. The third kappa shape index (κ3) is 2.13. The first-order valence-corrected chi connectivity index (χ1v) is 9.72. The predicted molar refractivity (Wildman–Crippen MR) is 101 cm³/mol. The Morgan fingerprint density at radius 3 is 3.04 bits per heavy atom. The van der Waals surface area contributed by atoms with Gasteiger partial charge in [-0.15, -0.1) is 0 Å². The number of H-pyrrole nitrogens is 1. The maximum atomic E-state index is 13.3. The number of carbonyl (C=O) groups excluding carboxylic acids is 2. The van der Waals surface area contributed by atoms with E-state index in [9.17, 15) is 9.59 Å². The fraction of sp³-hybridized carbons (Fsp3) is 0.429. The molecule has 1 saturated heterocycles. The number of nitrogens with one attached hydrogen (secondary N) is 1. The maximum Gasteiger partial charge on any atom is 0.326 e. The zero-order valence-electron chi connectivity index (χ0n) is 15.5. The van der Waals surface area contributed by atoms with E-state index in [2.05, 4.69) is 29.3 Å². The number of amides is 2. The number of aromatic nitrogens is 1. The van der Waals surface area contributed by atoms with Crippen LogP contribution in [0.5, 0.6) is 0 Å². The largest absolute Gasteiger partial charge is 0.465 e. The van der Waals surface area contributed by atoms with Crippen molar-refractivity contribution in [1.82, 2.24) is 14.8 Å². The normalized spacial score (nSPS) is 23.7. The lowest BCUT2D eigenvalue weighted by Gasteiger charge is -2.43. The van der Waals surface area contributed by atoms with Crippen molar-refractivity contribution in [2.45, 2.75) is 38.1 Å². The third-order valence-corrected chi connectivity index (χ3v) is 6.12. The predicted octanol–water partition coefficient (Wildman–Crippen LogP) is 3.29. The molecule has 1 aliphatic carbocycles. The van der Waals surface area contributed by atoms with E-state index >= 15 is 0 Å². The van der Waals surface area contributed by atoms with Crippen LogP contribution in [-0.4, -0.2) is 46.5 Å². The molecule has 27 heavy (non-hydrogen) atoms. The summed E-state index contributed by atoms with van der Waals surface area (Å²) in [6.07, 6.45) is 5.79. The summed E-state index contributed by atoms with van der Waals surface area (Å²) in [4.78, 5) is 32.6. The SMILES string of the molecule is CCOC(=O)CN1C(=O)N2CCc3c([nH]c4ccccc34)[C@@]23CCCC=C13. The minimum Gasteiger partial charge on any atom is -0.465 e. The molecule has 0 bridgehead atoms. The molecule has 6 heteroatoms. The second-order valence-corrected chi connectivity index (χ2v) is 7.44. The second-order valence-electron chi connectivity index (χ2n) is 7.44. The summed E-state index contributed by atoms with van der Waals surface area (Å²) >= 11 is 0.